The Morgan fingerprint density at radius 3 is 2.67 bits per heavy atom. The van der Waals surface area contributed by atoms with E-state index in [1.54, 1.807) is 6.92 Å². The molecule has 1 aromatic rings. The molecule has 3 rings (SSSR count). The van der Waals surface area contributed by atoms with Crippen LogP contribution in [-0.4, -0.2) is 40.1 Å². The number of carbonyl (C=O) groups is 2. The Kier molecular flexibility index (Phi) is 3.45. The first kappa shape index (κ1) is 14.1. The zero-order valence-corrected chi connectivity index (χ0v) is 12.0. The summed E-state index contributed by atoms with van der Waals surface area (Å²) >= 11 is 0. The molecular weight excluding hydrogens is 270 g/mol. The number of carbonyl (C=O) groups excluding carboxylic acids is 1. The molecule has 0 aromatic heterocycles. The van der Waals surface area contributed by atoms with Crippen LogP contribution in [0.25, 0.3) is 0 Å². The summed E-state index contributed by atoms with van der Waals surface area (Å²) in [7, 11) is 0. The Labute approximate surface area is 123 Å². The maximum absolute atomic E-state index is 12.8. The van der Waals surface area contributed by atoms with E-state index in [9.17, 15) is 14.7 Å². The van der Waals surface area contributed by atoms with Gasteiger partial charge in [-0.25, -0.2) is 4.79 Å². The number of rotatable bonds is 2. The fourth-order valence-corrected chi connectivity index (χ4v) is 3.21. The van der Waals surface area contributed by atoms with E-state index in [1.165, 1.54) is 4.90 Å². The van der Waals surface area contributed by atoms with Crippen LogP contribution in [0.15, 0.2) is 24.3 Å². The molecule has 5 heteroatoms. The molecule has 0 spiro atoms. The summed E-state index contributed by atoms with van der Waals surface area (Å²) in [6.45, 7) is 2.66. The molecule has 1 saturated heterocycles. The Bertz CT molecular complexity index is 577. The third kappa shape index (κ3) is 2.42. The van der Waals surface area contributed by atoms with Gasteiger partial charge < -0.3 is 14.7 Å². The zero-order chi connectivity index (χ0) is 15.0. The van der Waals surface area contributed by atoms with Crippen molar-refractivity contribution in [2.24, 2.45) is 0 Å². The molecule has 1 N–H and O–H groups in total. The number of fused-ring (bicyclic) bond motifs is 1. The Balaban J connectivity index is 1.92. The Morgan fingerprint density at radius 2 is 2.05 bits per heavy atom. The minimum Gasteiger partial charge on any atom is -0.480 e. The highest BCUT2D eigenvalue weighted by Gasteiger charge is 2.45. The number of carboxylic acid groups (broad SMARTS) is 1. The van der Waals surface area contributed by atoms with Crippen LogP contribution in [0.5, 0.6) is 0 Å². The molecule has 0 bridgehead atoms. The van der Waals surface area contributed by atoms with Crippen LogP contribution in [0.2, 0.25) is 0 Å². The second-order valence-electron chi connectivity index (χ2n) is 5.94. The van der Waals surface area contributed by atoms with Crippen LogP contribution in [0.1, 0.15) is 30.9 Å². The molecule has 1 aromatic carbocycles. The van der Waals surface area contributed by atoms with E-state index in [0.717, 1.165) is 17.5 Å². The van der Waals surface area contributed by atoms with E-state index in [1.807, 2.05) is 24.3 Å². The lowest BCUT2D eigenvalue weighted by molar-refractivity contribution is -0.162. The molecular formula is C16H19NO4. The van der Waals surface area contributed by atoms with E-state index in [0.29, 0.717) is 26.0 Å². The first-order valence-corrected chi connectivity index (χ1v) is 7.26. The summed E-state index contributed by atoms with van der Waals surface area (Å²) in [4.78, 5) is 25.8. The normalized spacial score (nSPS) is 28.2. The van der Waals surface area contributed by atoms with Crippen molar-refractivity contribution < 1.29 is 19.4 Å². The molecule has 2 atom stereocenters. The van der Waals surface area contributed by atoms with Crippen LogP contribution in [0, 0.1) is 0 Å². The number of carboxylic acids is 1. The predicted molar refractivity (Wildman–Crippen MR) is 75.7 cm³/mol. The standard InChI is InChI=1S/C16H19NO4/c1-16(7-4-8-21-16)15(20)17-10-12-6-3-2-5-11(12)9-13(17)14(18)19/h2-3,5-6,13H,4,7-10H2,1H3,(H,18,19)/t13-,16?/m0/s1. The molecule has 21 heavy (non-hydrogen) atoms. The van der Waals surface area contributed by atoms with Crippen molar-refractivity contribution in [2.75, 3.05) is 6.61 Å². The molecule has 2 heterocycles. The second kappa shape index (κ2) is 5.15. The van der Waals surface area contributed by atoms with Crippen LogP contribution >= 0.6 is 0 Å². The van der Waals surface area contributed by atoms with Crippen molar-refractivity contribution in [2.45, 2.75) is 44.4 Å². The SMILES string of the molecule is CC1(C(=O)N2Cc3ccccc3C[C@H]2C(=O)O)CCCO1. The number of ether oxygens (including phenoxy) is 1. The maximum Gasteiger partial charge on any atom is 0.326 e. The van der Waals surface area contributed by atoms with Gasteiger partial charge in [0.15, 0.2) is 0 Å². The number of hydrogen-bond acceptors (Lipinski definition) is 3. The smallest absolute Gasteiger partial charge is 0.326 e. The van der Waals surface area contributed by atoms with Gasteiger partial charge in [-0.05, 0) is 30.9 Å². The van der Waals surface area contributed by atoms with Crippen LogP contribution < -0.4 is 0 Å². The van der Waals surface area contributed by atoms with Gasteiger partial charge in [0.1, 0.15) is 11.6 Å². The molecule has 1 amide bonds. The number of hydrogen-bond donors (Lipinski definition) is 1. The van der Waals surface area contributed by atoms with E-state index in [-0.39, 0.29) is 5.91 Å². The molecule has 5 nitrogen and oxygen atoms in total. The minimum absolute atomic E-state index is 0.207. The molecule has 1 fully saturated rings. The summed E-state index contributed by atoms with van der Waals surface area (Å²) < 4.78 is 5.59. The van der Waals surface area contributed by atoms with Crippen molar-refractivity contribution in [3.05, 3.63) is 35.4 Å². The molecule has 0 radical (unpaired) electrons. The zero-order valence-electron chi connectivity index (χ0n) is 12.0. The first-order valence-electron chi connectivity index (χ1n) is 7.26. The van der Waals surface area contributed by atoms with Gasteiger partial charge in [0.2, 0.25) is 0 Å². The molecule has 112 valence electrons. The van der Waals surface area contributed by atoms with Gasteiger partial charge in [0.05, 0.1) is 0 Å². The lowest BCUT2D eigenvalue weighted by Crippen LogP contribution is -2.55. The topological polar surface area (TPSA) is 66.8 Å². The quantitative estimate of drug-likeness (QED) is 0.898. The average molecular weight is 289 g/mol. The van der Waals surface area contributed by atoms with Crippen LogP contribution in [0.3, 0.4) is 0 Å². The van der Waals surface area contributed by atoms with Gasteiger partial charge in [0, 0.05) is 19.6 Å². The van der Waals surface area contributed by atoms with Gasteiger partial charge in [-0.1, -0.05) is 24.3 Å². The molecule has 2 aliphatic heterocycles. The highest BCUT2D eigenvalue weighted by atomic mass is 16.5. The van der Waals surface area contributed by atoms with Gasteiger partial charge in [-0.2, -0.15) is 0 Å². The minimum atomic E-state index is -0.959. The van der Waals surface area contributed by atoms with E-state index in [2.05, 4.69) is 0 Å². The van der Waals surface area contributed by atoms with Crippen LogP contribution in [-0.2, 0) is 27.3 Å². The monoisotopic (exact) mass is 289 g/mol. The lowest BCUT2D eigenvalue weighted by Gasteiger charge is -2.38. The summed E-state index contributed by atoms with van der Waals surface area (Å²) in [5, 5.41) is 9.48. The summed E-state index contributed by atoms with van der Waals surface area (Å²) in [6, 6.07) is 6.88. The van der Waals surface area contributed by atoms with Gasteiger partial charge in [-0.3, -0.25) is 4.79 Å². The lowest BCUT2D eigenvalue weighted by atomic mass is 9.91. The average Bonchev–Trinajstić information content (AvgIpc) is 2.93. The Morgan fingerprint density at radius 1 is 1.33 bits per heavy atom. The molecule has 0 aliphatic carbocycles. The fraction of sp³-hybridized carbons (Fsp3) is 0.500. The van der Waals surface area contributed by atoms with Crippen molar-refractivity contribution in [3.8, 4) is 0 Å². The highest BCUT2D eigenvalue weighted by Crippen LogP contribution is 2.31. The van der Waals surface area contributed by atoms with E-state index >= 15 is 0 Å². The largest absolute Gasteiger partial charge is 0.480 e. The molecule has 2 aliphatic rings. The second-order valence-corrected chi connectivity index (χ2v) is 5.94. The van der Waals surface area contributed by atoms with Crippen LogP contribution in [0.4, 0.5) is 0 Å². The summed E-state index contributed by atoms with van der Waals surface area (Å²) in [5.41, 5.74) is 1.15. The van der Waals surface area contributed by atoms with Crippen molar-refractivity contribution >= 4 is 11.9 Å². The number of benzene rings is 1. The molecule has 1 unspecified atom stereocenters. The third-order valence-corrected chi connectivity index (χ3v) is 4.47. The van der Waals surface area contributed by atoms with E-state index < -0.39 is 17.6 Å². The van der Waals surface area contributed by atoms with Crippen molar-refractivity contribution in [3.63, 3.8) is 0 Å². The van der Waals surface area contributed by atoms with Gasteiger partial charge in [0.25, 0.3) is 5.91 Å². The molecule has 0 saturated carbocycles. The number of nitrogens with zero attached hydrogens (tertiary/aromatic N) is 1. The van der Waals surface area contributed by atoms with Gasteiger partial charge in [-0.15, -0.1) is 0 Å². The third-order valence-electron chi connectivity index (χ3n) is 4.47. The van der Waals surface area contributed by atoms with Crippen molar-refractivity contribution in [1.82, 2.24) is 4.90 Å². The van der Waals surface area contributed by atoms with Crippen molar-refractivity contribution in [1.29, 1.82) is 0 Å². The summed E-state index contributed by atoms with van der Waals surface area (Å²) in [5.74, 6) is -1.17. The Hall–Kier alpha value is -1.88. The summed E-state index contributed by atoms with van der Waals surface area (Å²) in [6.07, 6.45) is 1.84. The number of amides is 1. The number of aliphatic carboxylic acids is 1. The van der Waals surface area contributed by atoms with E-state index in [4.69, 9.17) is 4.74 Å². The maximum atomic E-state index is 12.8. The predicted octanol–water partition coefficient (Wildman–Crippen LogP) is 1.59. The first-order chi connectivity index (χ1) is 10.0. The van der Waals surface area contributed by atoms with Gasteiger partial charge >= 0.3 is 5.97 Å². The highest BCUT2D eigenvalue weighted by molar-refractivity contribution is 5.90. The fourth-order valence-electron chi connectivity index (χ4n) is 3.21.